The van der Waals surface area contributed by atoms with Crippen LogP contribution in [0.4, 0.5) is 10.6 Å². The van der Waals surface area contributed by atoms with Gasteiger partial charge in [-0.3, -0.25) is 9.69 Å². The summed E-state index contributed by atoms with van der Waals surface area (Å²) in [4.78, 5) is 30.1. The Kier molecular flexibility index (Phi) is 6.99. The zero-order valence-electron chi connectivity index (χ0n) is 21.4. The summed E-state index contributed by atoms with van der Waals surface area (Å²) < 4.78 is 35.2. The van der Waals surface area contributed by atoms with E-state index >= 15 is 0 Å². The van der Waals surface area contributed by atoms with E-state index in [0.29, 0.717) is 11.2 Å². The lowest BCUT2D eigenvalue weighted by Crippen LogP contribution is -2.46. The second-order valence-electron chi connectivity index (χ2n) is 9.50. The molecular weight excluding hydrogens is 488 g/mol. The largest absolute Gasteiger partial charge is 0.508 e. The molecule has 2 aliphatic rings. The molecule has 2 aromatic heterocycles. The molecule has 0 spiro atoms. The summed E-state index contributed by atoms with van der Waals surface area (Å²) in [6.45, 7) is 4.67. The minimum atomic E-state index is -1.65. The van der Waals surface area contributed by atoms with Crippen LogP contribution in [0.2, 0.25) is 0 Å². The third-order valence-electron chi connectivity index (χ3n) is 6.35. The number of methoxy groups -OCH3 is 1. The molecule has 14 heteroatoms. The van der Waals surface area contributed by atoms with Gasteiger partial charge in [0, 0.05) is 0 Å². The summed E-state index contributed by atoms with van der Waals surface area (Å²) in [5, 5.41) is 14.6. The molecule has 200 valence electrons. The summed E-state index contributed by atoms with van der Waals surface area (Å²) in [6, 6.07) is 4.72. The number of anilines is 1. The number of rotatable bonds is 7. The maximum Gasteiger partial charge on any atom is 0.508 e. The number of carbonyl (C=O) groups excluding carboxylic acids is 2. The van der Waals surface area contributed by atoms with Crippen molar-refractivity contribution in [1.29, 1.82) is 5.26 Å². The standard InChI is InChI=1S/C23H30N6O8/c1-12(16(28(4)5)20(30)32-6)34-21(31)33-9-14-17-18(37-22(2,3)36-17)23(10-24,35-14)15-8-7-13-19(25)26-11-27-29(13)15/h7-8,11-12,14,16-18H,9H2,1-6H3,(H2,25,26,27)/t12?,14-,16?,17-,18-,23+/m1/s1. The number of likely N-dealkylation sites (N-methyl/N-ethyl adjacent to an activating group) is 1. The number of hydrogen-bond donors (Lipinski definition) is 1. The van der Waals surface area contributed by atoms with Crippen LogP contribution in [0.5, 0.6) is 0 Å². The van der Waals surface area contributed by atoms with Crippen LogP contribution in [-0.2, 0) is 38.8 Å². The van der Waals surface area contributed by atoms with E-state index in [9.17, 15) is 14.9 Å². The predicted molar refractivity (Wildman–Crippen MR) is 125 cm³/mol. The Labute approximate surface area is 213 Å². The number of aromatic nitrogens is 3. The van der Waals surface area contributed by atoms with Gasteiger partial charge in [-0.15, -0.1) is 0 Å². The van der Waals surface area contributed by atoms with E-state index in [1.807, 2.05) is 0 Å². The highest BCUT2D eigenvalue weighted by Gasteiger charge is 2.65. The normalized spacial score (nSPS) is 27.9. The molecule has 2 N–H and O–H groups in total. The number of nitrogens with zero attached hydrogens (tertiary/aromatic N) is 5. The van der Waals surface area contributed by atoms with Crippen molar-refractivity contribution in [2.45, 2.75) is 62.6 Å². The fourth-order valence-corrected chi connectivity index (χ4v) is 4.81. The molecule has 0 aliphatic carbocycles. The molecule has 2 aliphatic heterocycles. The number of hydrogen-bond acceptors (Lipinski definition) is 13. The number of nitriles is 1. The van der Waals surface area contributed by atoms with Crippen molar-refractivity contribution in [1.82, 2.24) is 19.5 Å². The highest BCUT2D eigenvalue weighted by atomic mass is 16.8. The summed E-state index contributed by atoms with van der Waals surface area (Å²) in [6.07, 6.45) is -3.13. The molecule has 4 heterocycles. The van der Waals surface area contributed by atoms with Gasteiger partial charge >= 0.3 is 12.1 Å². The van der Waals surface area contributed by atoms with E-state index in [0.717, 1.165) is 0 Å². The average molecular weight is 519 g/mol. The Hall–Kier alpha value is -3.51. The lowest BCUT2D eigenvalue weighted by Gasteiger charge is -2.29. The van der Waals surface area contributed by atoms with Gasteiger partial charge in [0.1, 0.15) is 55.0 Å². The number of nitrogen functional groups attached to an aromatic ring is 1. The van der Waals surface area contributed by atoms with Gasteiger partial charge in [0.2, 0.25) is 5.60 Å². The van der Waals surface area contributed by atoms with Gasteiger partial charge in [0.25, 0.3) is 0 Å². The number of fused-ring (bicyclic) bond motifs is 2. The Morgan fingerprint density at radius 1 is 1.30 bits per heavy atom. The molecule has 2 unspecified atom stereocenters. The van der Waals surface area contributed by atoms with E-state index in [2.05, 4.69) is 16.2 Å². The first-order chi connectivity index (χ1) is 17.4. The van der Waals surface area contributed by atoms with E-state index in [4.69, 9.17) is 34.2 Å². The SMILES string of the molecule is COC(=O)C(C(C)OC(=O)OC[C@H]1O[C@@](C#N)(c2ccc3c(N)ncnn23)[C@@H]2OC(C)(C)O[C@@H]21)N(C)C. The molecule has 0 saturated carbocycles. The van der Waals surface area contributed by atoms with Crippen molar-refractivity contribution in [3.05, 3.63) is 24.2 Å². The summed E-state index contributed by atoms with van der Waals surface area (Å²) in [5.74, 6) is -1.36. The zero-order chi connectivity index (χ0) is 27.1. The van der Waals surface area contributed by atoms with Crippen LogP contribution in [0.25, 0.3) is 5.52 Å². The fourth-order valence-electron chi connectivity index (χ4n) is 4.81. The monoisotopic (exact) mass is 518 g/mol. The predicted octanol–water partition coefficient (Wildman–Crippen LogP) is 0.594. The van der Waals surface area contributed by atoms with Gasteiger partial charge in [-0.1, -0.05) is 0 Å². The topological polar surface area (TPSA) is 173 Å². The van der Waals surface area contributed by atoms with Crippen molar-refractivity contribution in [3.63, 3.8) is 0 Å². The van der Waals surface area contributed by atoms with Gasteiger partial charge in [-0.25, -0.2) is 14.3 Å². The Balaban J connectivity index is 1.55. The molecule has 4 rings (SSSR count). The van der Waals surface area contributed by atoms with E-state index in [-0.39, 0.29) is 12.4 Å². The summed E-state index contributed by atoms with van der Waals surface area (Å²) >= 11 is 0. The molecule has 6 atom stereocenters. The Morgan fingerprint density at radius 3 is 2.68 bits per heavy atom. The summed E-state index contributed by atoms with van der Waals surface area (Å²) in [5.41, 5.74) is 5.16. The van der Waals surface area contributed by atoms with Gasteiger partial charge in [0.05, 0.1) is 12.8 Å². The molecule has 0 radical (unpaired) electrons. The van der Waals surface area contributed by atoms with Crippen LogP contribution >= 0.6 is 0 Å². The van der Waals surface area contributed by atoms with Crippen LogP contribution < -0.4 is 5.73 Å². The lowest BCUT2D eigenvalue weighted by molar-refractivity contribution is -0.205. The molecule has 0 aromatic carbocycles. The fraction of sp³-hybridized carbons (Fsp3) is 0.609. The third-order valence-corrected chi connectivity index (χ3v) is 6.35. The first-order valence-electron chi connectivity index (χ1n) is 11.5. The van der Waals surface area contributed by atoms with Gasteiger partial charge in [-0.05, 0) is 47.0 Å². The second kappa shape index (κ2) is 9.75. The van der Waals surface area contributed by atoms with Gasteiger partial charge < -0.3 is 34.2 Å². The maximum absolute atomic E-state index is 12.5. The number of ether oxygens (including phenoxy) is 6. The van der Waals surface area contributed by atoms with Crippen molar-refractivity contribution >= 4 is 23.5 Å². The molecule has 0 bridgehead atoms. The first kappa shape index (κ1) is 26.6. The van der Waals surface area contributed by atoms with Crippen molar-refractivity contribution in [2.24, 2.45) is 0 Å². The van der Waals surface area contributed by atoms with Crippen LogP contribution in [0.1, 0.15) is 26.5 Å². The number of esters is 1. The zero-order valence-corrected chi connectivity index (χ0v) is 21.4. The quantitative estimate of drug-likeness (QED) is 0.505. The smallest absolute Gasteiger partial charge is 0.468 e. The molecule has 37 heavy (non-hydrogen) atoms. The molecule has 14 nitrogen and oxygen atoms in total. The van der Waals surface area contributed by atoms with Crippen molar-refractivity contribution < 1.29 is 38.0 Å². The maximum atomic E-state index is 12.5. The minimum Gasteiger partial charge on any atom is -0.468 e. The molecule has 0 amide bonds. The number of nitrogens with two attached hydrogens (primary N) is 1. The highest BCUT2D eigenvalue weighted by Crippen LogP contribution is 2.49. The highest BCUT2D eigenvalue weighted by molar-refractivity contribution is 5.76. The summed E-state index contributed by atoms with van der Waals surface area (Å²) in [7, 11) is 4.56. The van der Waals surface area contributed by atoms with Crippen LogP contribution in [0, 0.1) is 11.3 Å². The van der Waals surface area contributed by atoms with Crippen LogP contribution in [-0.4, -0.2) is 95.7 Å². The van der Waals surface area contributed by atoms with Crippen molar-refractivity contribution in [2.75, 3.05) is 33.5 Å². The molecule has 2 saturated heterocycles. The molecular formula is C23H30N6O8. The first-order valence-corrected chi connectivity index (χ1v) is 11.5. The third kappa shape index (κ3) is 4.66. The lowest BCUT2D eigenvalue weighted by atomic mass is 9.92. The van der Waals surface area contributed by atoms with E-state index in [1.165, 1.54) is 18.0 Å². The Morgan fingerprint density at radius 2 is 2.03 bits per heavy atom. The van der Waals surface area contributed by atoms with Crippen molar-refractivity contribution in [3.8, 4) is 6.07 Å². The van der Waals surface area contributed by atoms with Gasteiger partial charge in [-0.2, -0.15) is 10.4 Å². The average Bonchev–Trinajstić information content (AvgIpc) is 3.48. The molecule has 2 fully saturated rings. The Bertz CT molecular complexity index is 1230. The molecule has 2 aromatic rings. The number of carbonyl (C=O) groups is 2. The van der Waals surface area contributed by atoms with Crippen LogP contribution in [0.15, 0.2) is 18.5 Å². The van der Waals surface area contributed by atoms with Crippen LogP contribution in [0.3, 0.4) is 0 Å². The van der Waals surface area contributed by atoms with E-state index in [1.54, 1.807) is 51.9 Å². The second-order valence-corrected chi connectivity index (χ2v) is 9.50. The minimum absolute atomic E-state index is 0.229. The van der Waals surface area contributed by atoms with Gasteiger partial charge in [0.15, 0.2) is 11.6 Å². The van der Waals surface area contributed by atoms with E-state index < -0.39 is 54.0 Å².